The molecule has 2 heterocycles. The average molecular weight is 407 g/mol. The van der Waals surface area contributed by atoms with Crippen molar-refractivity contribution in [2.45, 2.75) is 31.6 Å². The van der Waals surface area contributed by atoms with Crippen molar-refractivity contribution in [3.63, 3.8) is 0 Å². The second-order valence-corrected chi connectivity index (χ2v) is 7.58. The molecule has 1 unspecified atom stereocenters. The molecule has 8 heteroatoms. The van der Waals surface area contributed by atoms with Gasteiger partial charge in [0.25, 0.3) is 0 Å². The fraction of sp³-hybridized carbons (Fsp3) is 0.238. The summed E-state index contributed by atoms with van der Waals surface area (Å²) in [4.78, 5) is 21.1. The molecule has 4 aromatic rings. The molecule has 0 spiro atoms. The van der Waals surface area contributed by atoms with Gasteiger partial charge in [-0.15, -0.1) is 0 Å². The van der Waals surface area contributed by atoms with Crippen LogP contribution in [0.1, 0.15) is 25.5 Å². The first-order chi connectivity index (χ1) is 14.2. The van der Waals surface area contributed by atoms with E-state index in [1.54, 1.807) is 11.0 Å². The third-order valence-electron chi connectivity index (χ3n) is 4.72. The minimum Gasteiger partial charge on any atom is -0.349 e. The molecule has 0 bridgehead atoms. The Kier molecular flexibility index (Phi) is 5.62. The maximum Gasteiger partial charge on any atom is 0.230 e. The predicted octanol–water partition coefficient (Wildman–Crippen LogP) is 3.61. The number of carbonyl (C=O) groups excluding carboxylic acids is 1. The van der Waals surface area contributed by atoms with Crippen LogP contribution in [-0.4, -0.2) is 36.0 Å². The highest BCUT2D eigenvalue weighted by atomic mass is 32.2. The number of rotatable bonds is 7. The fourth-order valence-corrected chi connectivity index (χ4v) is 4.11. The summed E-state index contributed by atoms with van der Waals surface area (Å²) in [6, 6.07) is 15.9. The third-order valence-corrected chi connectivity index (χ3v) is 5.70. The number of benzene rings is 2. The van der Waals surface area contributed by atoms with Crippen molar-refractivity contribution in [1.29, 1.82) is 0 Å². The molecule has 0 radical (unpaired) electrons. The second-order valence-electron chi connectivity index (χ2n) is 6.64. The van der Waals surface area contributed by atoms with Crippen LogP contribution in [0.4, 0.5) is 0 Å². The average Bonchev–Trinajstić information content (AvgIpc) is 3.40. The van der Waals surface area contributed by atoms with Gasteiger partial charge >= 0.3 is 0 Å². The number of aromatic nitrogens is 5. The van der Waals surface area contributed by atoms with Gasteiger partial charge in [0.15, 0.2) is 5.16 Å². The van der Waals surface area contributed by atoms with E-state index in [-0.39, 0.29) is 11.9 Å². The van der Waals surface area contributed by atoms with Gasteiger partial charge in [-0.25, -0.2) is 14.6 Å². The van der Waals surface area contributed by atoms with Gasteiger partial charge in [0.2, 0.25) is 5.91 Å². The number of aryl methyl sites for hydroxylation is 1. The predicted molar refractivity (Wildman–Crippen MR) is 114 cm³/mol. The Hall–Kier alpha value is -3.13. The lowest BCUT2D eigenvalue weighted by Crippen LogP contribution is -2.28. The molecular formula is C21H22N6OS. The molecule has 148 valence electrons. The molecule has 0 fully saturated rings. The van der Waals surface area contributed by atoms with Crippen molar-refractivity contribution >= 4 is 28.7 Å². The van der Waals surface area contributed by atoms with Crippen molar-refractivity contribution in [3.05, 3.63) is 66.7 Å². The molecule has 0 saturated heterocycles. The number of fused-ring (bicyclic) bond motifs is 1. The number of amides is 1. The SMILES string of the molecule is CCn1c(SCC(=O)NC(C)c2ccc(-n3cncn3)cc2)nc2ccccc21. The third kappa shape index (κ3) is 4.17. The molecule has 0 aliphatic carbocycles. The molecule has 0 aliphatic heterocycles. The van der Waals surface area contributed by atoms with Gasteiger partial charge in [0, 0.05) is 6.54 Å². The first kappa shape index (κ1) is 19.2. The molecule has 0 aliphatic rings. The molecule has 7 nitrogen and oxygen atoms in total. The van der Waals surface area contributed by atoms with E-state index in [0.717, 1.165) is 34.0 Å². The smallest absolute Gasteiger partial charge is 0.230 e. The quantitative estimate of drug-likeness (QED) is 0.475. The first-order valence-electron chi connectivity index (χ1n) is 9.48. The molecular weight excluding hydrogens is 384 g/mol. The molecule has 1 amide bonds. The van der Waals surface area contributed by atoms with E-state index in [0.29, 0.717) is 5.75 Å². The number of nitrogens with zero attached hydrogens (tertiary/aromatic N) is 5. The van der Waals surface area contributed by atoms with Crippen LogP contribution in [0.3, 0.4) is 0 Å². The van der Waals surface area contributed by atoms with Gasteiger partial charge in [-0.2, -0.15) is 5.10 Å². The summed E-state index contributed by atoms with van der Waals surface area (Å²) in [5, 5.41) is 8.05. The van der Waals surface area contributed by atoms with Gasteiger partial charge in [-0.3, -0.25) is 4.79 Å². The maximum atomic E-state index is 12.5. The van der Waals surface area contributed by atoms with Crippen LogP contribution in [0.25, 0.3) is 16.7 Å². The highest BCUT2D eigenvalue weighted by Crippen LogP contribution is 2.24. The highest BCUT2D eigenvalue weighted by Gasteiger charge is 2.14. The van der Waals surface area contributed by atoms with Gasteiger partial charge in [-0.05, 0) is 43.7 Å². The van der Waals surface area contributed by atoms with Gasteiger partial charge in [0.05, 0.1) is 28.5 Å². The van der Waals surface area contributed by atoms with Crippen LogP contribution in [-0.2, 0) is 11.3 Å². The van der Waals surface area contributed by atoms with Crippen molar-refractivity contribution in [2.75, 3.05) is 5.75 Å². The van der Waals surface area contributed by atoms with E-state index in [2.05, 4.69) is 37.9 Å². The van der Waals surface area contributed by atoms with Crippen LogP contribution in [0.2, 0.25) is 0 Å². The summed E-state index contributed by atoms with van der Waals surface area (Å²) in [5.41, 5.74) is 4.02. The summed E-state index contributed by atoms with van der Waals surface area (Å²) in [6.07, 6.45) is 3.16. The van der Waals surface area contributed by atoms with Crippen LogP contribution >= 0.6 is 11.8 Å². The number of para-hydroxylation sites is 2. The Balaban J connectivity index is 1.37. The van der Waals surface area contributed by atoms with E-state index in [1.807, 2.05) is 49.4 Å². The zero-order valence-electron chi connectivity index (χ0n) is 16.3. The Morgan fingerprint density at radius 1 is 1.17 bits per heavy atom. The van der Waals surface area contributed by atoms with Crippen molar-refractivity contribution in [2.24, 2.45) is 0 Å². The fourth-order valence-electron chi connectivity index (χ4n) is 3.22. The number of thioether (sulfide) groups is 1. The van der Waals surface area contributed by atoms with E-state index >= 15 is 0 Å². The molecule has 2 aromatic heterocycles. The Morgan fingerprint density at radius 2 is 1.97 bits per heavy atom. The standard InChI is InChI=1S/C21H22N6OS/c1-3-26-19-7-5-4-6-18(19)25-21(26)29-12-20(28)24-15(2)16-8-10-17(11-9-16)27-14-22-13-23-27/h4-11,13-15H,3,12H2,1-2H3,(H,24,28). The van der Waals surface area contributed by atoms with Crippen molar-refractivity contribution < 1.29 is 4.79 Å². The van der Waals surface area contributed by atoms with E-state index in [9.17, 15) is 4.79 Å². The number of carbonyl (C=O) groups is 1. The normalized spacial score (nSPS) is 12.2. The zero-order chi connectivity index (χ0) is 20.2. The van der Waals surface area contributed by atoms with E-state index < -0.39 is 0 Å². The lowest BCUT2D eigenvalue weighted by Gasteiger charge is -2.15. The maximum absolute atomic E-state index is 12.5. The van der Waals surface area contributed by atoms with Crippen molar-refractivity contribution in [1.82, 2.24) is 29.6 Å². The summed E-state index contributed by atoms with van der Waals surface area (Å²) in [5.74, 6) is 0.308. The van der Waals surface area contributed by atoms with E-state index in [4.69, 9.17) is 0 Å². The van der Waals surface area contributed by atoms with Crippen LogP contribution in [0.15, 0.2) is 66.3 Å². The Labute approximate surface area is 173 Å². The van der Waals surface area contributed by atoms with E-state index in [1.165, 1.54) is 18.1 Å². The number of nitrogens with one attached hydrogen (secondary N) is 1. The monoisotopic (exact) mass is 406 g/mol. The minimum atomic E-state index is -0.0853. The Bertz CT molecular complexity index is 1100. The lowest BCUT2D eigenvalue weighted by molar-refractivity contribution is -0.119. The molecule has 29 heavy (non-hydrogen) atoms. The number of imidazole rings is 1. The summed E-state index contributed by atoms with van der Waals surface area (Å²) < 4.78 is 3.84. The van der Waals surface area contributed by atoms with Gasteiger partial charge in [-0.1, -0.05) is 36.0 Å². The first-order valence-corrected chi connectivity index (χ1v) is 10.5. The Morgan fingerprint density at radius 3 is 2.69 bits per heavy atom. The van der Waals surface area contributed by atoms with Crippen LogP contribution in [0.5, 0.6) is 0 Å². The van der Waals surface area contributed by atoms with Gasteiger partial charge < -0.3 is 9.88 Å². The molecule has 0 saturated carbocycles. The highest BCUT2D eigenvalue weighted by molar-refractivity contribution is 7.99. The lowest BCUT2D eigenvalue weighted by atomic mass is 10.1. The van der Waals surface area contributed by atoms with Crippen LogP contribution < -0.4 is 5.32 Å². The molecule has 1 N–H and O–H groups in total. The zero-order valence-corrected chi connectivity index (χ0v) is 17.1. The summed E-state index contributed by atoms with van der Waals surface area (Å²) >= 11 is 1.46. The molecule has 1 atom stereocenters. The summed E-state index contributed by atoms with van der Waals surface area (Å²) in [7, 11) is 0. The van der Waals surface area contributed by atoms with Gasteiger partial charge in [0.1, 0.15) is 12.7 Å². The number of hydrogen-bond acceptors (Lipinski definition) is 5. The number of hydrogen-bond donors (Lipinski definition) is 1. The van der Waals surface area contributed by atoms with Crippen molar-refractivity contribution in [3.8, 4) is 5.69 Å². The summed E-state index contributed by atoms with van der Waals surface area (Å²) in [6.45, 7) is 4.89. The minimum absolute atomic E-state index is 0.0161. The second kappa shape index (κ2) is 8.48. The topological polar surface area (TPSA) is 77.6 Å². The molecule has 2 aromatic carbocycles. The van der Waals surface area contributed by atoms with Crippen LogP contribution in [0, 0.1) is 0 Å². The largest absolute Gasteiger partial charge is 0.349 e. The molecule has 4 rings (SSSR count).